The molecule has 4 aromatic rings. The summed E-state index contributed by atoms with van der Waals surface area (Å²) in [5.41, 5.74) is 5.14. The molecule has 0 bridgehead atoms. The standard InChI is InChI=1S/C26H28N4/c1-2-30-25-11-7-6-10-23(25)24-18-22(12-13-26(24)30)19-27-29-16-14-28(15-17-29)20-21-8-4-3-5-9-21/h3-13,18-19H,2,14-17,20H2,1H3/b27-19+. The lowest BCUT2D eigenvalue weighted by Gasteiger charge is -2.33. The highest BCUT2D eigenvalue weighted by Crippen LogP contribution is 2.29. The third-order valence-electron chi connectivity index (χ3n) is 6.08. The number of para-hydroxylation sites is 1. The first-order valence-electron chi connectivity index (χ1n) is 10.9. The van der Waals surface area contributed by atoms with E-state index in [9.17, 15) is 0 Å². The van der Waals surface area contributed by atoms with E-state index in [4.69, 9.17) is 5.10 Å². The maximum Gasteiger partial charge on any atom is 0.0543 e. The van der Waals surface area contributed by atoms with Crippen molar-refractivity contribution in [2.75, 3.05) is 26.2 Å². The number of hydrogen-bond donors (Lipinski definition) is 0. The number of fused-ring (bicyclic) bond motifs is 3. The van der Waals surface area contributed by atoms with Crippen molar-refractivity contribution in [3.8, 4) is 0 Å². The number of aryl methyl sites for hydroxylation is 1. The summed E-state index contributed by atoms with van der Waals surface area (Å²) in [6.07, 6.45) is 2.02. The molecule has 1 fully saturated rings. The second-order valence-corrected chi connectivity index (χ2v) is 8.00. The lowest BCUT2D eigenvalue weighted by atomic mass is 10.1. The first kappa shape index (κ1) is 18.9. The number of rotatable bonds is 5. The molecule has 0 radical (unpaired) electrons. The molecule has 1 aromatic heterocycles. The van der Waals surface area contributed by atoms with Crippen molar-refractivity contribution in [2.45, 2.75) is 20.0 Å². The summed E-state index contributed by atoms with van der Waals surface area (Å²) in [6.45, 7) is 8.26. The monoisotopic (exact) mass is 396 g/mol. The van der Waals surface area contributed by atoms with Crippen LogP contribution in [-0.2, 0) is 13.1 Å². The molecule has 152 valence electrons. The van der Waals surface area contributed by atoms with Crippen molar-refractivity contribution in [3.63, 3.8) is 0 Å². The SMILES string of the molecule is CCn1c2ccccc2c2cc(/C=N/N3CCN(Cc4ccccc4)CC3)ccc21. The number of benzene rings is 3. The Labute approximate surface area is 178 Å². The molecule has 0 atom stereocenters. The van der Waals surface area contributed by atoms with E-state index in [1.807, 2.05) is 6.21 Å². The molecule has 0 spiro atoms. The van der Waals surface area contributed by atoms with Crippen LogP contribution in [0.15, 0.2) is 77.9 Å². The third-order valence-corrected chi connectivity index (χ3v) is 6.08. The van der Waals surface area contributed by atoms with Gasteiger partial charge in [0.2, 0.25) is 0 Å². The summed E-state index contributed by atoms with van der Waals surface area (Å²) >= 11 is 0. The largest absolute Gasteiger partial charge is 0.341 e. The molecule has 4 nitrogen and oxygen atoms in total. The highest BCUT2D eigenvalue weighted by Gasteiger charge is 2.15. The minimum absolute atomic E-state index is 0.973. The third kappa shape index (κ3) is 3.71. The molecule has 0 aliphatic carbocycles. The summed E-state index contributed by atoms with van der Waals surface area (Å²) in [6, 6.07) is 26.1. The molecule has 30 heavy (non-hydrogen) atoms. The molecule has 1 saturated heterocycles. The predicted molar refractivity (Wildman–Crippen MR) is 126 cm³/mol. The maximum absolute atomic E-state index is 4.78. The zero-order valence-electron chi connectivity index (χ0n) is 17.5. The van der Waals surface area contributed by atoms with Gasteiger partial charge in [-0.3, -0.25) is 9.91 Å². The van der Waals surface area contributed by atoms with Gasteiger partial charge in [0.05, 0.1) is 6.21 Å². The van der Waals surface area contributed by atoms with E-state index in [1.54, 1.807) is 0 Å². The van der Waals surface area contributed by atoms with Crippen LogP contribution in [-0.4, -0.2) is 46.9 Å². The quantitative estimate of drug-likeness (QED) is 0.445. The van der Waals surface area contributed by atoms with E-state index in [-0.39, 0.29) is 0 Å². The fourth-order valence-corrected chi connectivity index (χ4v) is 4.49. The Hall–Kier alpha value is -3.11. The van der Waals surface area contributed by atoms with Gasteiger partial charge in [0.15, 0.2) is 0 Å². The second-order valence-electron chi connectivity index (χ2n) is 8.00. The van der Waals surface area contributed by atoms with Gasteiger partial charge in [-0.15, -0.1) is 0 Å². The van der Waals surface area contributed by atoms with Crippen molar-refractivity contribution in [2.24, 2.45) is 5.10 Å². The predicted octanol–water partition coefficient (Wildman–Crippen LogP) is 4.97. The van der Waals surface area contributed by atoms with E-state index in [0.29, 0.717) is 0 Å². The molecular weight excluding hydrogens is 368 g/mol. The first-order chi connectivity index (χ1) is 14.8. The Morgan fingerprint density at radius 3 is 2.33 bits per heavy atom. The summed E-state index contributed by atoms with van der Waals surface area (Å²) in [5, 5.41) is 9.61. The van der Waals surface area contributed by atoms with Crippen LogP contribution >= 0.6 is 0 Å². The normalized spacial score (nSPS) is 15.6. The van der Waals surface area contributed by atoms with Crippen molar-refractivity contribution >= 4 is 28.0 Å². The van der Waals surface area contributed by atoms with Gasteiger partial charge in [-0.2, -0.15) is 5.10 Å². The Morgan fingerprint density at radius 2 is 1.53 bits per heavy atom. The molecule has 0 N–H and O–H groups in total. The molecule has 1 aliphatic rings. The van der Waals surface area contributed by atoms with E-state index in [2.05, 4.69) is 94.2 Å². The summed E-state index contributed by atoms with van der Waals surface area (Å²) in [7, 11) is 0. The Bertz CT molecular complexity index is 1170. The lowest BCUT2D eigenvalue weighted by molar-refractivity contribution is 0.131. The van der Waals surface area contributed by atoms with Gasteiger partial charge in [0.1, 0.15) is 0 Å². The topological polar surface area (TPSA) is 23.8 Å². The van der Waals surface area contributed by atoms with Crippen LogP contribution in [0.5, 0.6) is 0 Å². The summed E-state index contributed by atoms with van der Waals surface area (Å²) < 4.78 is 2.39. The molecule has 5 rings (SSSR count). The average Bonchev–Trinajstić information content (AvgIpc) is 3.12. The van der Waals surface area contributed by atoms with Crippen molar-refractivity contribution in [3.05, 3.63) is 83.9 Å². The van der Waals surface area contributed by atoms with Gasteiger partial charge in [0.25, 0.3) is 0 Å². The molecule has 1 aliphatic heterocycles. The Kier molecular flexibility index (Phi) is 5.24. The van der Waals surface area contributed by atoms with E-state index >= 15 is 0 Å². The van der Waals surface area contributed by atoms with Crippen LogP contribution in [0.4, 0.5) is 0 Å². The number of aromatic nitrogens is 1. The smallest absolute Gasteiger partial charge is 0.0543 e. The molecule has 0 saturated carbocycles. The van der Waals surface area contributed by atoms with Crippen LogP contribution in [0, 0.1) is 0 Å². The molecular formula is C26H28N4. The van der Waals surface area contributed by atoms with Gasteiger partial charge in [-0.1, -0.05) is 54.6 Å². The van der Waals surface area contributed by atoms with Crippen molar-refractivity contribution < 1.29 is 0 Å². The summed E-state index contributed by atoms with van der Waals surface area (Å²) in [4.78, 5) is 2.51. The minimum atomic E-state index is 0.973. The van der Waals surface area contributed by atoms with Crippen molar-refractivity contribution in [1.29, 1.82) is 0 Å². The van der Waals surface area contributed by atoms with Gasteiger partial charge in [-0.05, 0) is 36.2 Å². The fraction of sp³-hybridized carbons (Fsp3) is 0.269. The van der Waals surface area contributed by atoms with Gasteiger partial charge in [0, 0.05) is 61.1 Å². The van der Waals surface area contributed by atoms with Crippen LogP contribution in [0.3, 0.4) is 0 Å². The van der Waals surface area contributed by atoms with Crippen LogP contribution in [0.1, 0.15) is 18.1 Å². The number of hydrazone groups is 1. The minimum Gasteiger partial charge on any atom is -0.341 e. The maximum atomic E-state index is 4.78. The number of piperazine rings is 1. The molecule has 0 amide bonds. The Balaban J connectivity index is 1.29. The fourth-order valence-electron chi connectivity index (χ4n) is 4.49. The van der Waals surface area contributed by atoms with E-state index in [1.165, 1.54) is 27.4 Å². The molecule has 2 heterocycles. The van der Waals surface area contributed by atoms with Gasteiger partial charge < -0.3 is 4.57 Å². The van der Waals surface area contributed by atoms with Crippen LogP contribution in [0.25, 0.3) is 21.8 Å². The number of hydrogen-bond acceptors (Lipinski definition) is 3. The molecule has 4 heteroatoms. The highest BCUT2D eigenvalue weighted by molar-refractivity contribution is 6.09. The average molecular weight is 397 g/mol. The van der Waals surface area contributed by atoms with Gasteiger partial charge >= 0.3 is 0 Å². The zero-order chi connectivity index (χ0) is 20.3. The van der Waals surface area contributed by atoms with Crippen molar-refractivity contribution in [1.82, 2.24) is 14.5 Å². The Morgan fingerprint density at radius 1 is 0.800 bits per heavy atom. The lowest BCUT2D eigenvalue weighted by Crippen LogP contribution is -2.43. The summed E-state index contributed by atoms with van der Waals surface area (Å²) in [5.74, 6) is 0. The molecule has 3 aromatic carbocycles. The highest BCUT2D eigenvalue weighted by atomic mass is 15.5. The number of nitrogens with zero attached hydrogens (tertiary/aromatic N) is 4. The zero-order valence-corrected chi connectivity index (χ0v) is 17.5. The van der Waals surface area contributed by atoms with E-state index in [0.717, 1.165) is 44.8 Å². The molecule has 0 unspecified atom stereocenters. The van der Waals surface area contributed by atoms with Crippen LogP contribution < -0.4 is 0 Å². The van der Waals surface area contributed by atoms with Gasteiger partial charge in [-0.25, -0.2) is 0 Å². The second kappa shape index (κ2) is 8.33. The van der Waals surface area contributed by atoms with Crippen LogP contribution in [0.2, 0.25) is 0 Å². The first-order valence-corrected chi connectivity index (χ1v) is 10.9. The van der Waals surface area contributed by atoms with E-state index < -0.39 is 0 Å².